The van der Waals surface area contributed by atoms with Gasteiger partial charge >= 0.3 is 6.36 Å². The van der Waals surface area contributed by atoms with E-state index in [-0.39, 0.29) is 36.7 Å². The molecule has 0 heterocycles. The Hall–Kier alpha value is -2.29. The molecule has 0 saturated heterocycles. The fraction of sp³-hybridized carbons (Fsp3) is 0.579. The van der Waals surface area contributed by atoms with Crippen LogP contribution in [0.3, 0.4) is 0 Å². The van der Waals surface area contributed by atoms with Crippen LogP contribution in [0.15, 0.2) is 24.3 Å². The van der Waals surface area contributed by atoms with E-state index in [1.807, 2.05) is 0 Å². The predicted molar refractivity (Wildman–Crippen MR) is 98.9 cm³/mol. The van der Waals surface area contributed by atoms with Gasteiger partial charge in [-0.1, -0.05) is 19.3 Å². The summed E-state index contributed by atoms with van der Waals surface area (Å²) in [4.78, 5) is 27.9. The Kier molecular flexibility index (Phi) is 7.68. The van der Waals surface area contributed by atoms with Gasteiger partial charge in [-0.15, -0.1) is 13.2 Å². The molecule has 156 valence electrons. The van der Waals surface area contributed by atoms with Gasteiger partial charge in [-0.05, 0) is 44.2 Å². The van der Waals surface area contributed by atoms with E-state index in [0.717, 1.165) is 37.8 Å². The second-order valence-electron chi connectivity index (χ2n) is 7.09. The zero-order valence-electron chi connectivity index (χ0n) is 16.1. The molecule has 2 amide bonds. The monoisotopic (exact) mass is 401 g/mol. The molecule has 9 heteroatoms. The molecular weight excluding hydrogens is 375 g/mol. The molecule has 0 unspecified atom stereocenters. The lowest BCUT2D eigenvalue weighted by Crippen LogP contribution is -2.44. The van der Waals surface area contributed by atoms with Crippen LogP contribution in [0.4, 0.5) is 18.9 Å². The fourth-order valence-electron chi connectivity index (χ4n) is 3.26. The lowest BCUT2D eigenvalue weighted by molar-refractivity contribution is -0.274. The van der Waals surface area contributed by atoms with Gasteiger partial charge in [0, 0.05) is 18.8 Å². The number of carbonyl (C=O) groups excluding carboxylic acids is 2. The molecule has 1 aliphatic carbocycles. The van der Waals surface area contributed by atoms with E-state index in [1.165, 1.54) is 18.6 Å². The lowest BCUT2D eigenvalue weighted by atomic mass is 9.94. The van der Waals surface area contributed by atoms with Gasteiger partial charge in [-0.2, -0.15) is 0 Å². The molecular formula is C19H26F3N3O3. The van der Waals surface area contributed by atoms with Crippen molar-refractivity contribution in [2.75, 3.05) is 32.5 Å². The molecule has 0 spiro atoms. The van der Waals surface area contributed by atoms with Crippen molar-refractivity contribution in [2.45, 2.75) is 44.5 Å². The van der Waals surface area contributed by atoms with Gasteiger partial charge in [-0.25, -0.2) is 0 Å². The minimum Gasteiger partial charge on any atom is -0.406 e. The number of halogens is 3. The standard InChI is InChI=1S/C19H26F3N3O3/c1-24(13-18(27)25(2)15-6-4-3-5-7-15)12-17(26)23-14-8-10-16(11-9-14)28-19(20,21)22/h8-11,15H,3-7,12-13H2,1-2H3,(H,23,26). The normalized spacial score (nSPS) is 15.4. The molecule has 0 atom stereocenters. The number of amides is 2. The van der Waals surface area contributed by atoms with Crippen LogP contribution >= 0.6 is 0 Å². The van der Waals surface area contributed by atoms with Crippen LogP contribution in [-0.2, 0) is 9.59 Å². The van der Waals surface area contributed by atoms with Gasteiger partial charge < -0.3 is 15.0 Å². The molecule has 1 saturated carbocycles. The Balaban J connectivity index is 1.77. The maximum atomic E-state index is 12.4. The molecule has 0 bridgehead atoms. The summed E-state index contributed by atoms with van der Waals surface area (Å²) in [5.41, 5.74) is 0.346. The van der Waals surface area contributed by atoms with Crippen LogP contribution in [0, 0.1) is 0 Å². The second kappa shape index (κ2) is 9.77. The first kappa shape index (κ1) is 22.0. The molecule has 1 aromatic rings. The fourth-order valence-corrected chi connectivity index (χ4v) is 3.26. The zero-order chi connectivity index (χ0) is 20.7. The SMILES string of the molecule is CN(CC(=O)Nc1ccc(OC(F)(F)F)cc1)CC(=O)N(C)C1CCCCC1. The molecule has 28 heavy (non-hydrogen) atoms. The number of nitrogens with one attached hydrogen (secondary N) is 1. The minimum absolute atomic E-state index is 0.00888. The Bertz CT molecular complexity index is 659. The summed E-state index contributed by atoms with van der Waals surface area (Å²) in [6.07, 6.45) is 0.744. The van der Waals surface area contributed by atoms with Crippen molar-refractivity contribution in [1.82, 2.24) is 9.80 Å². The highest BCUT2D eigenvalue weighted by Crippen LogP contribution is 2.24. The summed E-state index contributed by atoms with van der Waals surface area (Å²) < 4.78 is 40.2. The number of ether oxygens (including phenoxy) is 1. The number of carbonyl (C=O) groups is 2. The third kappa shape index (κ3) is 7.38. The number of nitrogens with zero attached hydrogens (tertiary/aromatic N) is 2. The first-order valence-corrected chi connectivity index (χ1v) is 9.24. The third-order valence-electron chi connectivity index (χ3n) is 4.71. The summed E-state index contributed by atoms with van der Waals surface area (Å²) in [5, 5.41) is 2.59. The van der Waals surface area contributed by atoms with Crippen molar-refractivity contribution in [3.8, 4) is 5.75 Å². The Labute approximate surface area is 162 Å². The van der Waals surface area contributed by atoms with E-state index in [1.54, 1.807) is 23.9 Å². The molecule has 1 aromatic carbocycles. The summed E-state index contributed by atoms with van der Waals surface area (Å²) in [5.74, 6) is -0.755. The molecule has 1 fully saturated rings. The number of alkyl halides is 3. The average Bonchev–Trinajstić information content (AvgIpc) is 2.62. The van der Waals surface area contributed by atoms with Gasteiger partial charge in [0.25, 0.3) is 0 Å². The number of anilines is 1. The van der Waals surface area contributed by atoms with Gasteiger partial charge in [0.05, 0.1) is 13.1 Å². The topological polar surface area (TPSA) is 61.9 Å². The minimum atomic E-state index is -4.76. The highest BCUT2D eigenvalue weighted by Gasteiger charge is 2.31. The van der Waals surface area contributed by atoms with Crippen molar-refractivity contribution < 1.29 is 27.5 Å². The van der Waals surface area contributed by atoms with E-state index < -0.39 is 6.36 Å². The smallest absolute Gasteiger partial charge is 0.406 e. The van der Waals surface area contributed by atoms with Crippen molar-refractivity contribution in [1.29, 1.82) is 0 Å². The van der Waals surface area contributed by atoms with Crippen LogP contribution < -0.4 is 10.1 Å². The highest BCUT2D eigenvalue weighted by atomic mass is 19.4. The largest absolute Gasteiger partial charge is 0.573 e. The quantitative estimate of drug-likeness (QED) is 0.762. The third-order valence-corrected chi connectivity index (χ3v) is 4.71. The number of rotatable bonds is 7. The van der Waals surface area contributed by atoms with Gasteiger partial charge in [-0.3, -0.25) is 14.5 Å². The van der Waals surface area contributed by atoms with Crippen molar-refractivity contribution in [2.24, 2.45) is 0 Å². The van der Waals surface area contributed by atoms with E-state index in [0.29, 0.717) is 5.69 Å². The molecule has 0 aliphatic heterocycles. The zero-order valence-corrected chi connectivity index (χ0v) is 16.1. The molecule has 0 aromatic heterocycles. The van der Waals surface area contributed by atoms with Crippen LogP contribution in [0.5, 0.6) is 5.75 Å². The van der Waals surface area contributed by atoms with E-state index >= 15 is 0 Å². The summed E-state index contributed by atoms with van der Waals surface area (Å²) >= 11 is 0. The van der Waals surface area contributed by atoms with Crippen LogP contribution in [-0.4, -0.2) is 61.2 Å². The lowest BCUT2D eigenvalue weighted by Gasteiger charge is -2.32. The molecule has 1 N–H and O–H groups in total. The van der Waals surface area contributed by atoms with Crippen LogP contribution in [0.25, 0.3) is 0 Å². The van der Waals surface area contributed by atoms with Crippen LogP contribution in [0.2, 0.25) is 0 Å². The second-order valence-corrected chi connectivity index (χ2v) is 7.09. The maximum Gasteiger partial charge on any atom is 0.573 e. The molecule has 2 rings (SSSR count). The summed E-state index contributed by atoms with van der Waals surface area (Å²) in [7, 11) is 3.48. The molecule has 6 nitrogen and oxygen atoms in total. The van der Waals surface area contributed by atoms with Gasteiger partial charge in [0.15, 0.2) is 0 Å². The van der Waals surface area contributed by atoms with Crippen molar-refractivity contribution >= 4 is 17.5 Å². The van der Waals surface area contributed by atoms with E-state index in [4.69, 9.17) is 0 Å². The highest BCUT2D eigenvalue weighted by molar-refractivity contribution is 5.92. The summed E-state index contributed by atoms with van der Waals surface area (Å²) in [6.45, 7) is 0.115. The maximum absolute atomic E-state index is 12.4. The average molecular weight is 401 g/mol. The van der Waals surface area contributed by atoms with Crippen molar-refractivity contribution in [3.05, 3.63) is 24.3 Å². The van der Waals surface area contributed by atoms with Crippen LogP contribution in [0.1, 0.15) is 32.1 Å². The number of benzene rings is 1. The van der Waals surface area contributed by atoms with Gasteiger partial charge in [0.1, 0.15) is 5.75 Å². The Morgan fingerprint density at radius 1 is 1.07 bits per heavy atom. The Morgan fingerprint density at radius 2 is 1.68 bits per heavy atom. The summed E-state index contributed by atoms with van der Waals surface area (Å²) in [6, 6.07) is 5.15. The van der Waals surface area contributed by atoms with E-state index in [9.17, 15) is 22.8 Å². The van der Waals surface area contributed by atoms with Crippen molar-refractivity contribution in [3.63, 3.8) is 0 Å². The number of hydrogen-bond acceptors (Lipinski definition) is 4. The molecule has 0 radical (unpaired) electrons. The Morgan fingerprint density at radius 3 is 2.25 bits per heavy atom. The van der Waals surface area contributed by atoms with E-state index in [2.05, 4.69) is 10.1 Å². The number of hydrogen-bond donors (Lipinski definition) is 1. The first-order chi connectivity index (χ1) is 13.1. The predicted octanol–water partition coefficient (Wildman–Crippen LogP) is 3.25. The number of likely N-dealkylation sites (N-methyl/N-ethyl adjacent to an activating group) is 2. The van der Waals surface area contributed by atoms with Gasteiger partial charge in [0.2, 0.25) is 11.8 Å². The first-order valence-electron chi connectivity index (χ1n) is 9.24. The molecule has 1 aliphatic rings.